The van der Waals surface area contributed by atoms with Crippen LogP contribution in [0, 0.1) is 0 Å². The van der Waals surface area contributed by atoms with Crippen molar-refractivity contribution < 1.29 is 19.1 Å². The Hall–Kier alpha value is -3.13. The van der Waals surface area contributed by atoms with Gasteiger partial charge in [-0.3, -0.25) is 15.5 Å². The van der Waals surface area contributed by atoms with E-state index in [4.69, 9.17) is 17.0 Å². The molecule has 136 valence electrons. The van der Waals surface area contributed by atoms with Gasteiger partial charge in [-0.1, -0.05) is 36.4 Å². The molecule has 0 spiro atoms. The van der Waals surface area contributed by atoms with Crippen LogP contribution in [0.5, 0.6) is 5.75 Å². The molecule has 0 saturated heterocycles. The summed E-state index contributed by atoms with van der Waals surface area (Å²) in [6, 6.07) is 16.7. The fourth-order valence-electron chi connectivity index (χ4n) is 2.02. The molecular weight excluding hydrogens is 354 g/mol. The SMILES string of the molecule is COC(=O)NNC(=S)NC(=O)c1cccc(OCCc2ccccc2)c1. The molecule has 0 fully saturated rings. The van der Waals surface area contributed by atoms with Crippen molar-refractivity contribution in [2.75, 3.05) is 13.7 Å². The molecule has 0 unspecified atom stereocenters. The molecule has 2 aromatic carbocycles. The Morgan fingerprint density at radius 1 is 1.04 bits per heavy atom. The molecule has 0 atom stereocenters. The number of ether oxygens (including phenoxy) is 2. The van der Waals surface area contributed by atoms with Gasteiger partial charge in [-0.2, -0.15) is 0 Å². The van der Waals surface area contributed by atoms with Crippen molar-refractivity contribution in [1.82, 2.24) is 16.2 Å². The van der Waals surface area contributed by atoms with E-state index in [1.54, 1.807) is 24.3 Å². The van der Waals surface area contributed by atoms with Crippen LogP contribution in [0.15, 0.2) is 54.6 Å². The molecule has 8 heteroatoms. The first-order valence-electron chi connectivity index (χ1n) is 7.80. The third-order valence-corrected chi connectivity index (χ3v) is 3.49. The zero-order valence-electron chi connectivity index (χ0n) is 14.2. The summed E-state index contributed by atoms with van der Waals surface area (Å²) < 4.78 is 10.1. The van der Waals surface area contributed by atoms with Crippen molar-refractivity contribution in [3.8, 4) is 5.75 Å². The molecule has 7 nitrogen and oxygen atoms in total. The molecule has 26 heavy (non-hydrogen) atoms. The van der Waals surface area contributed by atoms with Crippen molar-refractivity contribution in [2.24, 2.45) is 0 Å². The maximum absolute atomic E-state index is 12.2. The largest absolute Gasteiger partial charge is 0.493 e. The molecule has 0 aromatic heterocycles. The van der Waals surface area contributed by atoms with E-state index in [0.717, 1.165) is 6.42 Å². The van der Waals surface area contributed by atoms with Gasteiger partial charge in [0.1, 0.15) is 5.75 Å². The molecule has 3 N–H and O–H groups in total. The zero-order chi connectivity index (χ0) is 18.8. The average molecular weight is 373 g/mol. The van der Waals surface area contributed by atoms with E-state index in [2.05, 4.69) is 20.9 Å². The number of nitrogens with one attached hydrogen (secondary N) is 3. The number of carbonyl (C=O) groups excluding carboxylic acids is 2. The van der Waals surface area contributed by atoms with E-state index in [1.165, 1.54) is 12.7 Å². The van der Waals surface area contributed by atoms with Gasteiger partial charge in [-0.05, 0) is 36.0 Å². The molecule has 0 bridgehead atoms. The van der Waals surface area contributed by atoms with E-state index in [9.17, 15) is 9.59 Å². The molecule has 0 aliphatic rings. The Bertz CT molecular complexity index is 768. The van der Waals surface area contributed by atoms with E-state index >= 15 is 0 Å². The molecule has 0 saturated carbocycles. The quantitative estimate of drug-likeness (QED) is 0.550. The number of thiocarbonyl (C=S) groups is 1. The summed E-state index contributed by atoms with van der Waals surface area (Å²) in [5.74, 6) is 0.155. The fourth-order valence-corrected chi connectivity index (χ4v) is 2.17. The maximum Gasteiger partial charge on any atom is 0.425 e. The smallest absolute Gasteiger partial charge is 0.425 e. The van der Waals surface area contributed by atoms with Crippen molar-refractivity contribution in [1.29, 1.82) is 0 Å². The van der Waals surface area contributed by atoms with Crippen LogP contribution in [-0.4, -0.2) is 30.8 Å². The predicted octanol–water partition coefficient (Wildman–Crippen LogP) is 2.18. The third-order valence-electron chi connectivity index (χ3n) is 3.29. The molecule has 0 radical (unpaired) electrons. The van der Waals surface area contributed by atoms with Gasteiger partial charge in [0.25, 0.3) is 5.91 Å². The summed E-state index contributed by atoms with van der Waals surface area (Å²) in [6.45, 7) is 0.498. The molecular formula is C18H19N3O4S. The second kappa shape index (κ2) is 10.00. The minimum Gasteiger partial charge on any atom is -0.493 e. The number of benzene rings is 2. The van der Waals surface area contributed by atoms with Gasteiger partial charge in [0.2, 0.25) is 0 Å². The summed E-state index contributed by atoms with van der Waals surface area (Å²) in [4.78, 5) is 23.1. The third kappa shape index (κ3) is 6.40. The molecule has 0 aliphatic carbocycles. The Morgan fingerprint density at radius 3 is 2.54 bits per heavy atom. The molecule has 0 heterocycles. The summed E-state index contributed by atoms with van der Waals surface area (Å²) >= 11 is 4.91. The lowest BCUT2D eigenvalue weighted by atomic mass is 10.2. The molecule has 2 rings (SSSR count). The van der Waals surface area contributed by atoms with Gasteiger partial charge < -0.3 is 9.47 Å². The number of amides is 2. The van der Waals surface area contributed by atoms with Crippen molar-refractivity contribution in [3.63, 3.8) is 0 Å². The second-order valence-corrected chi connectivity index (χ2v) is 5.54. The standard InChI is InChI=1S/C18H19N3O4S/c1-24-18(23)21-20-17(26)19-16(22)14-8-5-9-15(12-14)25-11-10-13-6-3-2-4-7-13/h2-9,12H,10-11H2,1H3,(H,21,23)(H2,19,20,22,26). The fraction of sp³-hybridized carbons (Fsp3) is 0.167. The van der Waals surface area contributed by atoms with Crippen LogP contribution in [0.3, 0.4) is 0 Å². The van der Waals surface area contributed by atoms with Gasteiger partial charge in [-0.25, -0.2) is 10.2 Å². The molecule has 2 aromatic rings. The van der Waals surface area contributed by atoms with Crippen LogP contribution in [-0.2, 0) is 11.2 Å². The summed E-state index contributed by atoms with van der Waals surface area (Å²) in [7, 11) is 1.21. The van der Waals surface area contributed by atoms with Crippen LogP contribution in [0.1, 0.15) is 15.9 Å². The van der Waals surface area contributed by atoms with Gasteiger partial charge >= 0.3 is 6.09 Å². The van der Waals surface area contributed by atoms with Crippen molar-refractivity contribution in [3.05, 3.63) is 65.7 Å². The van der Waals surface area contributed by atoms with Gasteiger partial charge in [0, 0.05) is 12.0 Å². The van der Waals surface area contributed by atoms with Gasteiger partial charge in [0.05, 0.1) is 13.7 Å². The van der Waals surface area contributed by atoms with Crippen LogP contribution < -0.4 is 20.9 Å². The van der Waals surface area contributed by atoms with Gasteiger partial charge in [0.15, 0.2) is 5.11 Å². The molecule has 2 amide bonds. The predicted molar refractivity (Wildman–Crippen MR) is 101 cm³/mol. The maximum atomic E-state index is 12.2. The Kier molecular flexibility index (Phi) is 7.38. The van der Waals surface area contributed by atoms with E-state index < -0.39 is 12.0 Å². The second-order valence-electron chi connectivity index (χ2n) is 5.14. The van der Waals surface area contributed by atoms with Gasteiger partial charge in [-0.15, -0.1) is 0 Å². The summed E-state index contributed by atoms with van der Waals surface area (Å²) in [5, 5.41) is 2.38. The number of hydrazine groups is 1. The normalized spacial score (nSPS) is 9.73. The Labute approximate surface area is 156 Å². The van der Waals surface area contributed by atoms with Crippen LogP contribution in [0.25, 0.3) is 0 Å². The first-order valence-corrected chi connectivity index (χ1v) is 8.21. The lowest BCUT2D eigenvalue weighted by Crippen LogP contribution is -2.48. The topological polar surface area (TPSA) is 88.7 Å². The highest BCUT2D eigenvalue weighted by molar-refractivity contribution is 7.80. The highest BCUT2D eigenvalue weighted by atomic mass is 32.1. The highest BCUT2D eigenvalue weighted by Crippen LogP contribution is 2.14. The van der Waals surface area contributed by atoms with Crippen LogP contribution >= 0.6 is 12.2 Å². The first-order chi connectivity index (χ1) is 12.6. The number of carbonyl (C=O) groups is 2. The number of rotatable bonds is 5. The highest BCUT2D eigenvalue weighted by Gasteiger charge is 2.09. The van der Waals surface area contributed by atoms with E-state index in [-0.39, 0.29) is 5.11 Å². The summed E-state index contributed by atoms with van der Waals surface area (Å²) in [5.41, 5.74) is 6.05. The number of hydrogen-bond acceptors (Lipinski definition) is 5. The van der Waals surface area contributed by atoms with E-state index in [1.807, 2.05) is 30.3 Å². The minimum atomic E-state index is -0.726. The van der Waals surface area contributed by atoms with Crippen molar-refractivity contribution in [2.45, 2.75) is 6.42 Å². The first kappa shape index (κ1) is 19.2. The Morgan fingerprint density at radius 2 is 1.81 bits per heavy atom. The summed E-state index contributed by atoms with van der Waals surface area (Å²) in [6.07, 6.45) is 0.0419. The van der Waals surface area contributed by atoms with Crippen LogP contribution in [0.2, 0.25) is 0 Å². The lowest BCUT2D eigenvalue weighted by molar-refractivity contribution is 0.0975. The zero-order valence-corrected chi connectivity index (χ0v) is 15.0. The van der Waals surface area contributed by atoms with E-state index in [0.29, 0.717) is 17.9 Å². The monoisotopic (exact) mass is 373 g/mol. The molecule has 0 aliphatic heterocycles. The Balaban J connectivity index is 1.84. The van der Waals surface area contributed by atoms with Crippen molar-refractivity contribution >= 4 is 29.3 Å². The minimum absolute atomic E-state index is 0.0594. The number of methoxy groups -OCH3 is 1. The average Bonchev–Trinajstić information content (AvgIpc) is 2.67. The van der Waals surface area contributed by atoms with Crippen LogP contribution in [0.4, 0.5) is 4.79 Å². The lowest BCUT2D eigenvalue weighted by Gasteiger charge is -2.11. The number of hydrogen-bond donors (Lipinski definition) is 3.